The smallest absolute Gasteiger partial charge is 0.413 e. The standard InChI is InChI=1S/C22H29N3O7.C15H26N2O3.ClH/c1-21(2,3)17(23-20(28)32-13-9-7-12(8-10-13)25(29)30)18(26)24-11-14-15(22(14,4)5)16(24)19(27)31-6;1-14(2,3)11(16)12(18)17-7-8-9(15(8,4)5)10(17)13(19)20-6;/h7-10,14-17H,11H2,1-6H3,(H,23,28);8-11H,7,16H2,1-6H3;1H/t14-,15?,16-,17+;8-,9?,10-,11+;/m00./s1. The lowest BCUT2D eigenvalue weighted by atomic mass is 9.85. The van der Waals surface area contributed by atoms with Crippen molar-refractivity contribution in [1.29, 1.82) is 0 Å². The number of nitro groups is 1. The quantitative estimate of drug-likeness (QED) is 0.229. The Kier molecular flexibility index (Phi) is 12.3. The number of nitro benzene ring substituents is 1. The van der Waals surface area contributed by atoms with E-state index < -0.39 is 46.6 Å². The van der Waals surface area contributed by atoms with Gasteiger partial charge in [0.2, 0.25) is 11.8 Å². The monoisotopic (exact) mass is 765 g/mol. The number of nitrogens with one attached hydrogen (secondary N) is 1. The fourth-order valence-corrected chi connectivity index (χ4v) is 8.06. The maximum Gasteiger partial charge on any atom is 0.413 e. The molecule has 2 saturated carbocycles. The third-order valence-corrected chi connectivity index (χ3v) is 11.7. The molecule has 0 aromatic heterocycles. The highest BCUT2D eigenvalue weighted by atomic mass is 35.5. The van der Waals surface area contributed by atoms with E-state index in [1.165, 1.54) is 43.4 Å². The summed E-state index contributed by atoms with van der Waals surface area (Å²) in [7, 11) is 2.67. The number of amides is 3. The van der Waals surface area contributed by atoms with E-state index in [2.05, 4.69) is 33.0 Å². The van der Waals surface area contributed by atoms with Crippen LogP contribution in [0.2, 0.25) is 0 Å². The molecule has 2 aliphatic carbocycles. The van der Waals surface area contributed by atoms with Gasteiger partial charge in [-0.1, -0.05) is 69.2 Å². The molecule has 16 heteroatoms. The maximum atomic E-state index is 13.5. The second-order valence-corrected chi connectivity index (χ2v) is 17.8. The van der Waals surface area contributed by atoms with Crippen molar-refractivity contribution in [2.45, 2.75) is 93.4 Å². The van der Waals surface area contributed by atoms with Crippen molar-refractivity contribution in [3.8, 4) is 5.75 Å². The normalized spacial score (nSPS) is 26.9. The molecule has 3 amide bonds. The Hall–Kier alpha value is -3.98. The average molecular weight is 766 g/mol. The zero-order valence-electron chi connectivity index (χ0n) is 32.8. The van der Waals surface area contributed by atoms with Gasteiger partial charge in [-0.25, -0.2) is 14.4 Å². The van der Waals surface area contributed by atoms with Crippen LogP contribution < -0.4 is 15.8 Å². The highest BCUT2D eigenvalue weighted by Gasteiger charge is 2.71. The Morgan fingerprint density at radius 2 is 1.23 bits per heavy atom. The number of methoxy groups -OCH3 is 2. The second kappa shape index (κ2) is 15.0. The van der Waals surface area contributed by atoms with E-state index in [0.717, 1.165) is 0 Å². The van der Waals surface area contributed by atoms with Crippen LogP contribution in [0, 0.1) is 55.4 Å². The number of nitrogens with zero attached hydrogens (tertiary/aromatic N) is 3. The number of carbonyl (C=O) groups excluding carboxylic acids is 5. The summed E-state index contributed by atoms with van der Waals surface area (Å²) in [4.78, 5) is 76.5. The van der Waals surface area contributed by atoms with Crippen LogP contribution in [0.4, 0.5) is 10.5 Å². The number of halogens is 1. The minimum atomic E-state index is -0.958. The van der Waals surface area contributed by atoms with Crippen molar-refractivity contribution in [3.63, 3.8) is 0 Å². The number of fused-ring (bicyclic) bond motifs is 2. The molecule has 2 aliphatic heterocycles. The zero-order chi connectivity index (χ0) is 39.5. The van der Waals surface area contributed by atoms with E-state index in [0.29, 0.717) is 19.0 Å². The third kappa shape index (κ3) is 8.40. The van der Waals surface area contributed by atoms with Gasteiger partial charge in [0.1, 0.15) is 23.9 Å². The first-order valence-corrected chi connectivity index (χ1v) is 17.6. The number of benzene rings is 1. The molecule has 0 spiro atoms. The number of ether oxygens (including phenoxy) is 3. The summed E-state index contributed by atoms with van der Waals surface area (Å²) in [5.41, 5.74) is 5.00. The molecule has 15 nitrogen and oxygen atoms in total. The van der Waals surface area contributed by atoms with Gasteiger partial charge in [0, 0.05) is 37.1 Å². The largest absolute Gasteiger partial charge is 0.467 e. The van der Waals surface area contributed by atoms with Crippen molar-refractivity contribution >= 4 is 47.9 Å². The summed E-state index contributed by atoms with van der Waals surface area (Å²) in [6.07, 6.45) is -0.869. The van der Waals surface area contributed by atoms with Crippen molar-refractivity contribution in [2.24, 2.45) is 51.1 Å². The van der Waals surface area contributed by atoms with Crippen molar-refractivity contribution < 1.29 is 43.1 Å². The summed E-state index contributed by atoms with van der Waals surface area (Å²) in [6, 6.07) is 2.31. The summed E-state index contributed by atoms with van der Waals surface area (Å²) in [5, 5.41) is 13.4. The molecule has 3 N–H and O–H groups in total. The lowest BCUT2D eigenvalue weighted by Crippen LogP contribution is -2.58. The number of piperidine rings is 2. The Morgan fingerprint density at radius 3 is 1.58 bits per heavy atom. The number of hydrogen-bond donors (Lipinski definition) is 2. The van der Waals surface area contributed by atoms with E-state index in [1.54, 1.807) is 25.7 Å². The molecular weight excluding hydrogens is 710 g/mol. The fraction of sp³-hybridized carbons (Fsp3) is 0.703. The number of nitrogens with two attached hydrogens (primary N) is 1. The predicted molar refractivity (Wildman–Crippen MR) is 197 cm³/mol. The summed E-state index contributed by atoms with van der Waals surface area (Å²) in [5.74, 6) is -0.407. The van der Waals surface area contributed by atoms with Gasteiger partial charge in [0.05, 0.1) is 25.2 Å². The molecule has 0 bridgehead atoms. The third-order valence-electron chi connectivity index (χ3n) is 11.7. The SMILES string of the molecule is COC(=O)[C@@H]1C2[C@H](CN1C(=O)[C@@H](N)C(C)(C)C)C2(C)C.COC(=O)[C@@H]1C2[C@H](CN1C(=O)[C@@H](NC(=O)Oc1ccc([N+](=O)[O-])cc1)C(C)(C)C)C2(C)C.Cl. The van der Waals surface area contributed by atoms with Crippen LogP contribution in [0.15, 0.2) is 24.3 Å². The highest BCUT2D eigenvalue weighted by molar-refractivity contribution is 5.92. The molecule has 1 aromatic carbocycles. The molecular formula is C37H56ClN5O10. The van der Waals surface area contributed by atoms with Gasteiger partial charge < -0.3 is 35.1 Å². The van der Waals surface area contributed by atoms with E-state index in [1.807, 2.05) is 20.8 Å². The van der Waals surface area contributed by atoms with Gasteiger partial charge in [-0.05, 0) is 45.6 Å². The molecule has 4 fully saturated rings. The first-order valence-electron chi connectivity index (χ1n) is 17.6. The number of non-ortho nitro benzene ring substituents is 1. The van der Waals surface area contributed by atoms with Crippen LogP contribution >= 0.6 is 12.4 Å². The Bertz CT molecular complexity index is 1600. The Balaban J connectivity index is 0.000000310. The second-order valence-electron chi connectivity index (χ2n) is 17.8. The summed E-state index contributed by atoms with van der Waals surface area (Å²) < 4.78 is 15.1. The molecule has 8 atom stereocenters. The number of rotatable bonds is 7. The van der Waals surface area contributed by atoms with Gasteiger partial charge >= 0.3 is 18.0 Å². The van der Waals surface area contributed by atoms with E-state index in [9.17, 15) is 34.1 Å². The van der Waals surface area contributed by atoms with Crippen LogP contribution in [0.1, 0.15) is 69.2 Å². The first kappa shape index (κ1) is 43.4. The lowest BCUT2D eigenvalue weighted by molar-refractivity contribution is -0.384. The molecule has 0 radical (unpaired) electrons. The van der Waals surface area contributed by atoms with Crippen LogP contribution in [-0.4, -0.2) is 96.0 Å². The molecule has 5 rings (SSSR count). The van der Waals surface area contributed by atoms with Crippen molar-refractivity contribution in [2.75, 3.05) is 27.3 Å². The number of esters is 2. The Labute approximate surface area is 317 Å². The molecule has 2 unspecified atom stereocenters. The van der Waals surface area contributed by atoms with E-state index in [4.69, 9.17) is 19.9 Å². The van der Waals surface area contributed by atoms with E-state index in [-0.39, 0.29) is 75.6 Å². The van der Waals surface area contributed by atoms with Gasteiger partial charge in [-0.3, -0.25) is 19.7 Å². The fourth-order valence-electron chi connectivity index (χ4n) is 8.06. The number of likely N-dealkylation sites (tertiary alicyclic amines) is 2. The summed E-state index contributed by atoms with van der Waals surface area (Å²) >= 11 is 0. The molecule has 2 heterocycles. The van der Waals surface area contributed by atoms with E-state index >= 15 is 0 Å². The van der Waals surface area contributed by atoms with Crippen LogP contribution in [0.5, 0.6) is 5.75 Å². The molecule has 53 heavy (non-hydrogen) atoms. The van der Waals surface area contributed by atoms with Gasteiger partial charge in [0.25, 0.3) is 5.69 Å². The molecule has 296 valence electrons. The zero-order valence-corrected chi connectivity index (χ0v) is 33.6. The van der Waals surface area contributed by atoms with Gasteiger partial charge in [-0.2, -0.15) is 0 Å². The van der Waals surface area contributed by atoms with Crippen LogP contribution in [0.3, 0.4) is 0 Å². The maximum absolute atomic E-state index is 13.5. The van der Waals surface area contributed by atoms with Crippen molar-refractivity contribution in [1.82, 2.24) is 15.1 Å². The minimum Gasteiger partial charge on any atom is -0.467 e. The summed E-state index contributed by atoms with van der Waals surface area (Å²) in [6.45, 7) is 20.7. The van der Waals surface area contributed by atoms with Gasteiger partial charge in [-0.15, -0.1) is 12.4 Å². The number of carbonyl (C=O) groups is 5. The van der Waals surface area contributed by atoms with Crippen LogP contribution in [-0.2, 0) is 28.7 Å². The first-order chi connectivity index (χ1) is 23.8. The highest BCUT2D eigenvalue weighted by Crippen LogP contribution is 2.66. The molecule has 4 aliphatic rings. The van der Waals surface area contributed by atoms with Crippen molar-refractivity contribution in [3.05, 3.63) is 34.4 Å². The predicted octanol–water partition coefficient (Wildman–Crippen LogP) is 4.19. The topological polar surface area (TPSA) is 201 Å². The number of hydrogen-bond acceptors (Lipinski definition) is 11. The lowest BCUT2D eigenvalue weighted by Gasteiger charge is -2.36. The molecule has 1 aromatic rings. The Morgan fingerprint density at radius 1 is 0.811 bits per heavy atom. The average Bonchev–Trinajstić information content (AvgIpc) is 3.53. The van der Waals surface area contributed by atoms with Gasteiger partial charge in [0.15, 0.2) is 0 Å². The minimum absolute atomic E-state index is 0. The van der Waals surface area contributed by atoms with Crippen LogP contribution in [0.25, 0.3) is 0 Å². The molecule has 2 saturated heterocycles.